The SMILES string of the molecule is CC(=O)[C@H](OC(=O)CCNC(=O)CCO)c1ccccc1. The van der Waals surface area contributed by atoms with Crippen molar-refractivity contribution >= 4 is 17.7 Å². The highest BCUT2D eigenvalue weighted by Gasteiger charge is 2.21. The van der Waals surface area contributed by atoms with Crippen LogP contribution in [0, 0.1) is 0 Å². The van der Waals surface area contributed by atoms with Gasteiger partial charge >= 0.3 is 5.97 Å². The number of Topliss-reactive ketones (excluding diaryl/α,β-unsaturated/α-hetero) is 1. The number of aliphatic hydroxyl groups excluding tert-OH is 1. The van der Waals surface area contributed by atoms with E-state index in [1.807, 2.05) is 0 Å². The molecular weight excluding hydrogens is 274 g/mol. The summed E-state index contributed by atoms with van der Waals surface area (Å²) in [6, 6.07) is 8.74. The molecule has 0 unspecified atom stereocenters. The van der Waals surface area contributed by atoms with Crippen LogP contribution in [0.4, 0.5) is 0 Å². The second-order valence-corrected chi connectivity index (χ2v) is 4.46. The maximum absolute atomic E-state index is 11.7. The van der Waals surface area contributed by atoms with Gasteiger partial charge in [0.2, 0.25) is 5.91 Å². The number of aliphatic hydroxyl groups is 1. The summed E-state index contributed by atoms with van der Waals surface area (Å²) in [5, 5.41) is 11.0. The Labute approximate surface area is 123 Å². The first kappa shape index (κ1) is 16.8. The number of carbonyl (C=O) groups excluding carboxylic acids is 3. The minimum absolute atomic E-state index is 0.00483. The van der Waals surface area contributed by atoms with Gasteiger partial charge in [-0.3, -0.25) is 14.4 Å². The van der Waals surface area contributed by atoms with E-state index in [4.69, 9.17) is 9.84 Å². The van der Waals surface area contributed by atoms with Gasteiger partial charge < -0.3 is 15.2 Å². The maximum Gasteiger partial charge on any atom is 0.308 e. The van der Waals surface area contributed by atoms with E-state index < -0.39 is 12.1 Å². The average molecular weight is 293 g/mol. The Balaban J connectivity index is 2.47. The zero-order chi connectivity index (χ0) is 15.7. The molecule has 1 rings (SSSR count). The number of carbonyl (C=O) groups is 3. The Morgan fingerprint density at radius 2 is 1.86 bits per heavy atom. The van der Waals surface area contributed by atoms with Gasteiger partial charge in [0, 0.05) is 13.0 Å². The van der Waals surface area contributed by atoms with Crippen molar-refractivity contribution in [1.29, 1.82) is 0 Å². The van der Waals surface area contributed by atoms with E-state index in [-0.39, 0.29) is 37.7 Å². The number of nitrogens with one attached hydrogen (secondary N) is 1. The van der Waals surface area contributed by atoms with Gasteiger partial charge in [-0.05, 0) is 12.5 Å². The molecule has 0 saturated heterocycles. The summed E-state index contributed by atoms with van der Waals surface area (Å²) < 4.78 is 5.15. The summed E-state index contributed by atoms with van der Waals surface area (Å²) in [5.41, 5.74) is 0.614. The summed E-state index contributed by atoms with van der Waals surface area (Å²) in [6.07, 6.45) is -0.963. The van der Waals surface area contributed by atoms with E-state index in [2.05, 4.69) is 5.32 Å². The van der Waals surface area contributed by atoms with Crippen molar-refractivity contribution < 1.29 is 24.2 Å². The Morgan fingerprint density at radius 1 is 1.19 bits per heavy atom. The molecule has 114 valence electrons. The summed E-state index contributed by atoms with van der Waals surface area (Å²) in [5.74, 6) is -1.17. The minimum atomic E-state index is -0.924. The molecule has 0 aliphatic heterocycles. The molecule has 2 N–H and O–H groups in total. The van der Waals surface area contributed by atoms with Crippen molar-refractivity contribution in [2.24, 2.45) is 0 Å². The van der Waals surface area contributed by atoms with E-state index in [1.54, 1.807) is 30.3 Å². The molecule has 1 aromatic carbocycles. The summed E-state index contributed by atoms with van der Waals surface area (Å²) >= 11 is 0. The van der Waals surface area contributed by atoms with Crippen molar-refractivity contribution in [3.05, 3.63) is 35.9 Å². The molecule has 0 aliphatic carbocycles. The standard InChI is InChI=1S/C15H19NO5/c1-11(18)15(12-5-3-2-4-6-12)21-14(20)7-9-16-13(19)8-10-17/h2-6,15,17H,7-10H2,1H3,(H,16,19)/t15-/m0/s1. The van der Waals surface area contributed by atoms with Crippen molar-refractivity contribution in [1.82, 2.24) is 5.32 Å². The van der Waals surface area contributed by atoms with E-state index >= 15 is 0 Å². The number of ether oxygens (including phenoxy) is 1. The van der Waals surface area contributed by atoms with Crippen LogP contribution in [0.1, 0.15) is 31.4 Å². The molecule has 0 fully saturated rings. The summed E-state index contributed by atoms with van der Waals surface area (Å²) in [4.78, 5) is 34.4. The fourth-order valence-electron chi connectivity index (χ4n) is 1.70. The highest BCUT2D eigenvalue weighted by atomic mass is 16.5. The van der Waals surface area contributed by atoms with Gasteiger partial charge in [-0.15, -0.1) is 0 Å². The van der Waals surface area contributed by atoms with Crippen LogP contribution in [0.3, 0.4) is 0 Å². The Bertz CT molecular complexity index is 486. The molecule has 0 saturated carbocycles. The first-order valence-corrected chi connectivity index (χ1v) is 6.67. The topological polar surface area (TPSA) is 92.7 Å². The van der Waals surface area contributed by atoms with Crippen LogP contribution < -0.4 is 5.32 Å². The molecule has 6 heteroatoms. The lowest BCUT2D eigenvalue weighted by atomic mass is 10.1. The third-order valence-electron chi connectivity index (χ3n) is 2.71. The monoisotopic (exact) mass is 293 g/mol. The highest BCUT2D eigenvalue weighted by molar-refractivity contribution is 5.85. The zero-order valence-corrected chi connectivity index (χ0v) is 11.9. The number of amides is 1. The predicted molar refractivity (Wildman–Crippen MR) is 75.3 cm³/mol. The molecule has 1 atom stereocenters. The maximum atomic E-state index is 11.7. The van der Waals surface area contributed by atoms with Crippen LogP contribution in [-0.4, -0.2) is 35.9 Å². The number of hydrogen-bond acceptors (Lipinski definition) is 5. The second-order valence-electron chi connectivity index (χ2n) is 4.46. The second kappa shape index (κ2) is 8.86. The molecule has 6 nitrogen and oxygen atoms in total. The molecule has 0 radical (unpaired) electrons. The molecule has 0 bridgehead atoms. The van der Waals surface area contributed by atoms with E-state index in [9.17, 15) is 14.4 Å². The van der Waals surface area contributed by atoms with E-state index in [1.165, 1.54) is 6.92 Å². The van der Waals surface area contributed by atoms with Gasteiger partial charge in [-0.2, -0.15) is 0 Å². The number of benzene rings is 1. The molecule has 0 spiro atoms. The van der Waals surface area contributed by atoms with Crippen LogP contribution in [0.2, 0.25) is 0 Å². The van der Waals surface area contributed by atoms with E-state index in [0.29, 0.717) is 5.56 Å². The van der Waals surface area contributed by atoms with Gasteiger partial charge in [0.05, 0.1) is 13.0 Å². The lowest BCUT2D eigenvalue weighted by Gasteiger charge is -2.15. The molecule has 1 amide bonds. The van der Waals surface area contributed by atoms with Crippen molar-refractivity contribution in [3.63, 3.8) is 0 Å². The molecule has 0 aromatic heterocycles. The Hall–Kier alpha value is -2.21. The van der Waals surface area contributed by atoms with E-state index in [0.717, 1.165) is 0 Å². The molecule has 0 aliphatic rings. The van der Waals surface area contributed by atoms with Crippen molar-refractivity contribution in [3.8, 4) is 0 Å². The summed E-state index contributed by atoms with van der Waals surface area (Å²) in [6.45, 7) is 1.22. The number of ketones is 1. The molecule has 1 aromatic rings. The minimum Gasteiger partial charge on any atom is -0.449 e. The van der Waals surface area contributed by atoms with Gasteiger partial charge in [0.1, 0.15) is 0 Å². The van der Waals surface area contributed by atoms with Crippen LogP contribution >= 0.6 is 0 Å². The highest BCUT2D eigenvalue weighted by Crippen LogP contribution is 2.18. The lowest BCUT2D eigenvalue weighted by molar-refractivity contribution is -0.155. The molecule has 0 heterocycles. The zero-order valence-electron chi connectivity index (χ0n) is 11.9. The third-order valence-corrected chi connectivity index (χ3v) is 2.71. The molecule has 21 heavy (non-hydrogen) atoms. The number of hydrogen-bond donors (Lipinski definition) is 2. The Kier molecular flexibility index (Phi) is 7.11. The normalized spacial score (nSPS) is 11.5. The van der Waals surface area contributed by atoms with Gasteiger partial charge in [0.15, 0.2) is 11.9 Å². The summed E-state index contributed by atoms with van der Waals surface area (Å²) in [7, 11) is 0. The number of rotatable bonds is 8. The van der Waals surface area contributed by atoms with Crippen LogP contribution in [-0.2, 0) is 19.1 Å². The van der Waals surface area contributed by atoms with Crippen LogP contribution in [0.5, 0.6) is 0 Å². The average Bonchev–Trinajstić information content (AvgIpc) is 2.45. The van der Waals surface area contributed by atoms with Gasteiger partial charge in [0.25, 0.3) is 0 Å². The van der Waals surface area contributed by atoms with Crippen LogP contribution in [0.25, 0.3) is 0 Å². The van der Waals surface area contributed by atoms with Gasteiger partial charge in [-0.25, -0.2) is 0 Å². The predicted octanol–water partition coefficient (Wildman–Crippen LogP) is 0.749. The van der Waals surface area contributed by atoms with Gasteiger partial charge in [-0.1, -0.05) is 30.3 Å². The van der Waals surface area contributed by atoms with Crippen LogP contribution in [0.15, 0.2) is 30.3 Å². The molecular formula is C15H19NO5. The quantitative estimate of drug-likeness (QED) is 0.690. The first-order valence-electron chi connectivity index (χ1n) is 6.67. The first-order chi connectivity index (χ1) is 10.0. The number of esters is 1. The third kappa shape index (κ3) is 6.18. The largest absolute Gasteiger partial charge is 0.449 e. The van der Waals surface area contributed by atoms with Crippen molar-refractivity contribution in [2.75, 3.05) is 13.2 Å². The smallest absolute Gasteiger partial charge is 0.308 e. The Morgan fingerprint density at radius 3 is 2.43 bits per heavy atom. The lowest BCUT2D eigenvalue weighted by Crippen LogP contribution is -2.28. The fourth-order valence-corrected chi connectivity index (χ4v) is 1.70. The fraction of sp³-hybridized carbons (Fsp3) is 0.400. The van der Waals surface area contributed by atoms with Crippen molar-refractivity contribution in [2.45, 2.75) is 25.9 Å².